The Kier molecular flexibility index (Phi) is 10.5. The van der Waals surface area contributed by atoms with Crippen LogP contribution in [0.2, 0.25) is 0 Å². The highest BCUT2D eigenvalue weighted by atomic mass is 19.1. The Morgan fingerprint density at radius 1 is 0.678 bits per heavy atom. The van der Waals surface area contributed by atoms with Crippen LogP contribution in [0.1, 0.15) is 20.7 Å². The second-order valence-electron chi connectivity index (χ2n) is 12.6. The molecule has 8 aromatic rings. The van der Waals surface area contributed by atoms with Crippen LogP contribution in [0.15, 0.2) is 73.6 Å². The number of benzene rings is 1. The topological polar surface area (TPSA) is 303 Å². The van der Waals surface area contributed by atoms with Crippen LogP contribution in [0.5, 0.6) is 0 Å². The number of rotatable bonds is 6. The highest BCUT2D eigenvalue weighted by Gasteiger charge is 2.31. The predicted octanol–water partition coefficient (Wildman–Crippen LogP) is 2.63. The van der Waals surface area contributed by atoms with Gasteiger partial charge in [0.25, 0.3) is 17.5 Å². The van der Waals surface area contributed by atoms with Crippen LogP contribution in [-0.2, 0) is 9.59 Å². The summed E-state index contributed by atoms with van der Waals surface area (Å²) in [5.41, 5.74) is 18.0. The van der Waals surface area contributed by atoms with Gasteiger partial charge in [-0.25, -0.2) is 32.9 Å². The van der Waals surface area contributed by atoms with E-state index in [0.717, 1.165) is 30.5 Å². The zero-order chi connectivity index (χ0) is 42.0. The number of anilines is 4. The Morgan fingerprint density at radius 3 is 1.78 bits per heavy atom. The number of aliphatic carboxylic acids is 1. The van der Waals surface area contributed by atoms with Gasteiger partial charge in [-0.3, -0.25) is 14.4 Å². The molecule has 1 aromatic carbocycles. The normalized spacial score (nSPS) is 12.5. The van der Waals surface area contributed by atoms with Crippen molar-refractivity contribution in [2.75, 3.05) is 48.3 Å². The number of hydrogen-bond donors (Lipinski definition) is 7. The number of ketones is 2. The Balaban J connectivity index is 0.000000161. The molecule has 0 saturated carbocycles. The van der Waals surface area contributed by atoms with E-state index in [-0.39, 0.29) is 50.4 Å². The summed E-state index contributed by atoms with van der Waals surface area (Å²) in [5, 5.41) is 20.8. The Bertz CT molecular complexity index is 2850. The number of carbonyl (C=O) groups excluding carboxylic acids is 3. The number of H-pyrrole nitrogens is 3. The molecule has 9 rings (SSSR count). The highest BCUT2D eigenvalue weighted by Crippen LogP contribution is 2.27. The second kappa shape index (κ2) is 16.0. The monoisotopic (exact) mass is 809 g/mol. The van der Waals surface area contributed by atoms with E-state index in [9.17, 15) is 32.3 Å². The maximum atomic E-state index is 14.3. The van der Waals surface area contributed by atoms with E-state index in [1.54, 1.807) is 16.9 Å². The van der Waals surface area contributed by atoms with Gasteiger partial charge in [0.15, 0.2) is 17.5 Å². The SMILES string of the molecule is Nc1ncc(F)c2c(C(=O)C(=O)N3CCN(c4nnnn4-c4ccccc4)CC3)c[nH]c12.Nc1ncc(F)c2c(C(=O)C(=O)O)c[nH]c12.Nc1ncc(F)c2cc[nH]c12. The molecule has 8 heterocycles. The number of nitrogens with zero attached hydrogens (tertiary/aromatic N) is 9. The molecule has 0 radical (unpaired) electrons. The molecule has 7 aromatic heterocycles. The average Bonchev–Trinajstić information content (AvgIpc) is 4.09. The van der Waals surface area contributed by atoms with Crippen LogP contribution < -0.4 is 22.1 Å². The van der Waals surface area contributed by atoms with Crippen molar-refractivity contribution in [3.63, 3.8) is 0 Å². The number of fused-ring (bicyclic) bond motifs is 3. The minimum Gasteiger partial charge on any atom is -0.475 e. The summed E-state index contributed by atoms with van der Waals surface area (Å²) in [6.45, 7) is 1.46. The lowest BCUT2D eigenvalue weighted by atomic mass is 10.1. The number of hydrogen-bond acceptors (Lipinski definition) is 14. The van der Waals surface area contributed by atoms with Crippen LogP contribution in [0.25, 0.3) is 38.4 Å². The number of aromatic amines is 3. The smallest absolute Gasteiger partial charge is 0.377 e. The molecule has 0 aliphatic carbocycles. The molecule has 10 N–H and O–H groups in total. The molecule has 0 spiro atoms. The number of carbonyl (C=O) groups is 4. The van der Waals surface area contributed by atoms with Gasteiger partial charge in [0, 0.05) is 50.2 Å². The van der Waals surface area contributed by atoms with E-state index in [1.807, 2.05) is 35.2 Å². The minimum absolute atomic E-state index is 0.000777. The summed E-state index contributed by atoms with van der Waals surface area (Å²) in [6, 6.07) is 11.1. The van der Waals surface area contributed by atoms with Crippen molar-refractivity contribution in [2.45, 2.75) is 0 Å². The predicted molar refractivity (Wildman–Crippen MR) is 206 cm³/mol. The summed E-state index contributed by atoms with van der Waals surface area (Å²) >= 11 is 0. The molecule has 1 amide bonds. The van der Waals surface area contributed by atoms with Gasteiger partial charge < -0.3 is 47.1 Å². The van der Waals surface area contributed by atoms with Gasteiger partial charge in [-0.05, 0) is 28.6 Å². The number of para-hydroxylation sites is 1. The molecule has 1 aliphatic rings. The number of halogens is 3. The highest BCUT2D eigenvalue weighted by molar-refractivity contribution is 6.45. The van der Waals surface area contributed by atoms with E-state index in [2.05, 4.69) is 45.4 Å². The first-order valence-corrected chi connectivity index (χ1v) is 17.2. The van der Waals surface area contributed by atoms with Crippen molar-refractivity contribution >= 4 is 79.6 Å². The maximum Gasteiger partial charge on any atom is 0.377 e. The molecule has 1 fully saturated rings. The molecule has 0 unspecified atom stereocenters. The standard InChI is InChI=1S/C20H18FN9O2.C9H6FN3O3.C7H6FN3/c21-14-11-24-18(22)16-15(14)13(10-23-16)17(31)19(32)28-6-8-29(9-7-28)20-25-26-27-30(20)12-4-2-1-3-5-12;10-4-2-13-8(11)6-5(4)3(1-12-6)7(14)9(15)16;8-5-3-11-7(9)6-4(5)1-2-10-6/h1-5,10-11,23H,6-9H2,(H2,22,24);1-2,12H,(H2,11,13)(H,15,16);1-3,10H,(H2,9,11). The first-order valence-electron chi connectivity index (χ1n) is 17.2. The number of nitrogen functional groups attached to an aromatic ring is 3. The number of aromatic nitrogens is 10. The molecule has 23 heteroatoms. The number of nitrogens with one attached hydrogen (secondary N) is 3. The van der Waals surface area contributed by atoms with E-state index < -0.39 is 35.1 Å². The van der Waals surface area contributed by atoms with Crippen LogP contribution in [0, 0.1) is 17.5 Å². The number of carboxylic acids is 1. The summed E-state index contributed by atoms with van der Waals surface area (Å²) in [4.78, 5) is 69.8. The lowest BCUT2D eigenvalue weighted by Gasteiger charge is -2.34. The van der Waals surface area contributed by atoms with Crippen molar-refractivity contribution < 1.29 is 37.5 Å². The molecule has 20 nitrogen and oxygen atoms in total. The van der Waals surface area contributed by atoms with Crippen molar-refractivity contribution in [3.8, 4) is 5.69 Å². The van der Waals surface area contributed by atoms with Crippen molar-refractivity contribution in [3.05, 3.63) is 102 Å². The van der Waals surface area contributed by atoms with Crippen molar-refractivity contribution in [1.82, 2.24) is 55.0 Å². The summed E-state index contributed by atoms with van der Waals surface area (Å²) in [5.74, 6) is -5.30. The molecular formula is C36H30F3N15O5. The third-order valence-electron chi connectivity index (χ3n) is 9.14. The molecule has 1 saturated heterocycles. The molecule has 0 bridgehead atoms. The Labute approximate surface area is 327 Å². The Hall–Kier alpha value is -8.37. The number of pyridine rings is 3. The van der Waals surface area contributed by atoms with Crippen molar-refractivity contribution in [1.29, 1.82) is 0 Å². The first-order chi connectivity index (χ1) is 28.3. The van der Waals surface area contributed by atoms with E-state index >= 15 is 0 Å². The Morgan fingerprint density at radius 2 is 1.22 bits per heavy atom. The van der Waals surface area contributed by atoms with E-state index in [0.29, 0.717) is 48.8 Å². The number of amides is 1. The van der Waals surface area contributed by atoms with Gasteiger partial charge in [-0.2, -0.15) is 4.68 Å². The largest absolute Gasteiger partial charge is 0.475 e. The minimum atomic E-state index is -1.66. The van der Waals surface area contributed by atoms with E-state index in [1.165, 1.54) is 11.1 Å². The number of carboxylic acid groups (broad SMARTS) is 1. The number of tetrazole rings is 1. The van der Waals surface area contributed by atoms with Gasteiger partial charge in [-0.1, -0.05) is 23.3 Å². The lowest BCUT2D eigenvalue weighted by Crippen LogP contribution is -2.51. The van der Waals surface area contributed by atoms with Crippen LogP contribution in [0.4, 0.5) is 36.6 Å². The quantitative estimate of drug-likeness (QED) is 0.0938. The average molecular weight is 810 g/mol. The van der Waals surface area contributed by atoms with Crippen LogP contribution >= 0.6 is 0 Å². The fourth-order valence-corrected chi connectivity index (χ4v) is 6.26. The van der Waals surface area contributed by atoms with Gasteiger partial charge >= 0.3 is 5.97 Å². The molecule has 0 atom stereocenters. The first kappa shape index (κ1) is 38.9. The van der Waals surface area contributed by atoms with Gasteiger partial charge in [-0.15, -0.1) is 0 Å². The number of nitrogens with two attached hydrogens (primary N) is 3. The molecule has 300 valence electrons. The van der Waals surface area contributed by atoms with Crippen LogP contribution in [0.3, 0.4) is 0 Å². The summed E-state index contributed by atoms with van der Waals surface area (Å²) in [7, 11) is 0. The van der Waals surface area contributed by atoms with Gasteiger partial charge in [0.2, 0.25) is 5.95 Å². The van der Waals surface area contributed by atoms with Crippen molar-refractivity contribution in [2.24, 2.45) is 0 Å². The van der Waals surface area contributed by atoms with Gasteiger partial charge in [0.1, 0.15) is 17.5 Å². The summed E-state index contributed by atoms with van der Waals surface area (Å²) in [6.07, 6.45) is 6.91. The molecular weight excluding hydrogens is 779 g/mol. The molecule has 1 aliphatic heterocycles. The maximum absolute atomic E-state index is 14.3. The number of piperazine rings is 1. The van der Waals surface area contributed by atoms with Crippen LogP contribution in [-0.4, -0.2) is 110 Å². The van der Waals surface area contributed by atoms with E-state index in [4.69, 9.17) is 22.3 Å². The zero-order valence-corrected chi connectivity index (χ0v) is 30.2. The summed E-state index contributed by atoms with van der Waals surface area (Å²) < 4.78 is 42.2. The van der Waals surface area contributed by atoms with Gasteiger partial charge in [0.05, 0.1) is 62.7 Å². The second-order valence-corrected chi connectivity index (χ2v) is 12.6. The third kappa shape index (κ3) is 7.49. The molecule has 59 heavy (non-hydrogen) atoms. The fraction of sp³-hybridized carbons (Fsp3) is 0.111. The zero-order valence-electron chi connectivity index (χ0n) is 30.2. The lowest BCUT2D eigenvalue weighted by molar-refractivity contribution is -0.131. The number of Topliss-reactive ketones (excluding diaryl/α,β-unsaturated/α-hetero) is 2. The fourth-order valence-electron chi connectivity index (χ4n) is 6.26. The third-order valence-corrected chi connectivity index (χ3v) is 9.14.